The van der Waals surface area contributed by atoms with Gasteiger partial charge in [-0.1, -0.05) is 27.7 Å². The van der Waals surface area contributed by atoms with Crippen LogP contribution in [0, 0.1) is 5.41 Å². The summed E-state index contributed by atoms with van der Waals surface area (Å²) < 4.78 is 0. The molecule has 0 aliphatic rings. The van der Waals surface area contributed by atoms with Gasteiger partial charge in [0.05, 0.1) is 17.5 Å². The number of hydrogen-bond donors (Lipinski definition) is 4. The van der Waals surface area contributed by atoms with Gasteiger partial charge in [0.25, 0.3) is 5.91 Å². The molecule has 108 valence electrons. The van der Waals surface area contributed by atoms with Gasteiger partial charge in [0.15, 0.2) is 5.69 Å². The van der Waals surface area contributed by atoms with E-state index in [0.717, 1.165) is 5.69 Å². The van der Waals surface area contributed by atoms with Gasteiger partial charge in [-0.2, -0.15) is 5.10 Å². The molecule has 0 aromatic carbocycles. The summed E-state index contributed by atoms with van der Waals surface area (Å²) in [4.78, 5) is 11.9. The maximum absolute atomic E-state index is 11.9. The van der Waals surface area contributed by atoms with E-state index in [1.807, 2.05) is 27.7 Å². The monoisotopic (exact) mass is 268 g/mol. The lowest BCUT2D eigenvalue weighted by Gasteiger charge is -2.22. The van der Waals surface area contributed by atoms with E-state index >= 15 is 0 Å². The maximum atomic E-state index is 11.9. The van der Waals surface area contributed by atoms with E-state index in [4.69, 9.17) is 5.73 Å². The van der Waals surface area contributed by atoms with Crippen LogP contribution in [0.25, 0.3) is 0 Å². The van der Waals surface area contributed by atoms with Crippen LogP contribution >= 0.6 is 0 Å². The number of aliphatic hydroxyl groups excluding tert-OH is 1. The van der Waals surface area contributed by atoms with Crippen LogP contribution in [-0.4, -0.2) is 33.9 Å². The van der Waals surface area contributed by atoms with E-state index in [-0.39, 0.29) is 23.6 Å². The molecule has 0 fully saturated rings. The van der Waals surface area contributed by atoms with Crippen molar-refractivity contribution in [3.05, 3.63) is 11.4 Å². The predicted molar refractivity (Wildman–Crippen MR) is 74.8 cm³/mol. The van der Waals surface area contributed by atoms with Crippen LogP contribution in [0.1, 0.15) is 50.3 Å². The Balaban J connectivity index is 2.54. The fraction of sp³-hybridized carbons (Fsp3) is 0.692. The van der Waals surface area contributed by atoms with Gasteiger partial charge in [-0.25, -0.2) is 0 Å². The smallest absolute Gasteiger partial charge is 0.274 e. The summed E-state index contributed by atoms with van der Waals surface area (Å²) in [7, 11) is 0. The van der Waals surface area contributed by atoms with Gasteiger partial charge in [-0.3, -0.25) is 9.89 Å². The Morgan fingerprint density at radius 2 is 2.16 bits per heavy atom. The van der Waals surface area contributed by atoms with Crippen molar-refractivity contribution in [2.24, 2.45) is 5.41 Å². The Kier molecular flexibility index (Phi) is 4.94. The van der Waals surface area contributed by atoms with Crippen molar-refractivity contribution in [3.8, 4) is 0 Å². The van der Waals surface area contributed by atoms with E-state index in [2.05, 4.69) is 15.5 Å². The van der Waals surface area contributed by atoms with E-state index in [1.165, 1.54) is 0 Å². The molecule has 0 spiro atoms. The second-order valence-corrected chi connectivity index (χ2v) is 5.95. The highest BCUT2D eigenvalue weighted by atomic mass is 16.3. The molecule has 0 aliphatic heterocycles. The van der Waals surface area contributed by atoms with Crippen LogP contribution in [0.3, 0.4) is 0 Å². The van der Waals surface area contributed by atoms with Crippen molar-refractivity contribution >= 4 is 11.6 Å². The maximum Gasteiger partial charge on any atom is 0.274 e. The molecule has 5 N–H and O–H groups in total. The molecule has 0 saturated heterocycles. The van der Waals surface area contributed by atoms with Gasteiger partial charge in [-0.05, 0) is 18.3 Å². The molecule has 1 rings (SSSR count). The normalized spacial score (nSPS) is 13.3. The summed E-state index contributed by atoms with van der Waals surface area (Å²) >= 11 is 0. The van der Waals surface area contributed by atoms with Gasteiger partial charge in [0.2, 0.25) is 0 Å². The second-order valence-electron chi connectivity index (χ2n) is 5.95. The molecular formula is C13H24N4O2. The highest BCUT2D eigenvalue weighted by molar-refractivity contribution is 5.97. The zero-order chi connectivity index (χ0) is 14.6. The number of nitrogens with two attached hydrogens (primary N) is 1. The van der Waals surface area contributed by atoms with Crippen molar-refractivity contribution in [2.45, 2.75) is 46.6 Å². The number of nitrogen functional groups attached to an aromatic ring is 1. The third-order valence-corrected chi connectivity index (χ3v) is 2.80. The van der Waals surface area contributed by atoms with Crippen molar-refractivity contribution in [3.63, 3.8) is 0 Å². The molecule has 19 heavy (non-hydrogen) atoms. The zero-order valence-corrected chi connectivity index (χ0v) is 12.1. The molecule has 6 heteroatoms. The Morgan fingerprint density at radius 3 is 2.63 bits per heavy atom. The summed E-state index contributed by atoms with van der Waals surface area (Å²) in [5, 5.41) is 19.1. The third-order valence-electron chi connectivity index (χ3n) is 2.80. The lowest BCUT2D eigenvalue weighted by Crippen LogP contribution is -2.34. The van der Waals surface area contributed by atoms with E-state index < -0.39 is 6.10 Å². The summed E-state index contributed by atoms with van der Waals surface area (Å²) in [5.74, 6) is -0.360. The molecule has 1 amide bonds. The Morgan fingerprint density at radius 1 is 1.53 bits per heavy atom. The van der Waals surface area contributed by atoms with Gasteiger partial charge >= 0.3 is 0 Å². The van der Waals surface area contributed by atoms with E-state index in [1.54, 1.807) is 0 Å². The summed E-state index contributed by atoms with van der Waals surface area (Å²) in [6.07, 6.45) is 0.734. The first-order valence-electron chi connectivity index (χ1n) is 6.53. The number of aromatic nitrogens is 2. The zero-order valence-electron chi connectivity index (χ0n) is 12.1. The molecular weight excluding hydrogens is 244 g/mol. The topological polar surface area (TPSA) is 104 Å². The number of aryl methyl sites for hydroxylation is 1. The van der Waals surface area contributed by atoms with Crippen molar-refractivity contribution < 1.29 is 9.90 Å². The van der Waals surface area contributed by atoms with Gasteiger partial charge in [-0.15, -0.1) is 0 Å². The van der Waals surface area contributed by atoms with Gasteiger partial charge in [0.1, 0.15) is 0 Å². The SMILES string of the molecule is CCc1[nH]nc(C(=O)NCC(O)CC(C)(C)C)c1N. The van der Waals surface area contributed by atoms with Gasteiger partial charge < -0.3 is 16.2 Å². The van der Waals surface area contributed by atoms with Crippen LogP contribution in [0.5, 0.6) is 0 Å². The molecule has 1 aromatic heterocycles. The molecule has 0 bridgehead atoms. The number of carbonyl (C=O) groups excluding carboxylic acids is 1. The first kappa shape index (κ1) is 15.5. The largest absolute Gasteiger partial charge is 0.395 e. The fourth-order valence-corrected chi connectivity index (χ4v) is 1.90. The number of amides is 1. The first-order valence-corrected chi connectivity index (χ1v) is 6.53. The number of H-pyrrole nitrogens is 1. The van der Waals surface area contributed by atoms with Crippen LogP contribution in [0.4, 0.5) is 5.69 Å². The number of aromatic amines is 1. The molecule has 0 radical (unpaired) electrons. The Bertz CT molecular complexity index is 434. The van der Waals surface area contributed by atoms with E-state index in [0.29, 0.717) is 18.5 Å². The van der Waals surface area contributed by atoms with Crippen LogP contribution in [0.2, 0.25) is 0 Å². The molecule has 1 unspecified atom stereocenters. The fourth-order valence-electron chi connectivity index (χ4n) is 1.90. The molecule has 0 saturated carbocycles. The molecule has 6 nitrogen and oxygen atoms in total. The van der Waals surface area contributed by atoms with Crippen LogP contribution < -0.4 is 11.1 Å². The highest BCUT2D eigenvalue weighted by Crippen LogP contribution is 2.20. The van der Waals surface area contributed by atoms with Crippen molar-refractivity contribution in [2.75, 3.05) is 12.3 Å². The number of anilines is 1. The number of hydrogen-bond acceptors (Lipinski definition) is 4. The summed E-state index contributed by atoms with van der Waals surface area (Å²) in [6, 6.07) is 0. The molecule has 0 aliphatic carbocycles. The third kappa shape index (κ3) is 4.55. The molecule has 1 aromatic rings. The summed E-state index contributed by atoms with van der Waals surface area (Å²) in [6.45, 7) is 8.24. The standard InChI is InChI=1S/C13H24N4O2/c1-5-9-10(14)11(17-16-9)12(19)15-7-8(18)6-13(2,3)4/h8,18H,5-7,14H2,1-4H3,(H,15,19)(H,16,17). The lowest BCUT2D eigenvalue weighted by molar-refractivity contribution is 0.0865. The number of carbonyl (C=O) groups is 1. The lowest BCUT2D eigenvalue weighted by atomic mass is 9.89. The minimum atomic E-state index is -0.574. The van der Waals surface area contributed by atoms with Crippen molar-refractivity contribution in [1.29, 1.82) is 0 Å². The minimum Gasteiger partial charge on any atom is -0.395 e. The molecule has 1 atom stereocenters. The highest BCUT2D eigenvalue weighted by Gasteiger charge is 2.20. The van der Waals surface area contributed by atoms with E-state index in [9.17, 15) is 9.90 Å². The van der Waals surface area contributed by atoms with Crippen LogP contribution in [-0.2, 0) is 6.42 Å². The van der Waals surface area contributed by atoms with Crippen molar-refractivity contribution in [1.82, 2.24) is 15.5 Å². The number of rotatable bonds is 5. The number of aliphatic hydroxyl groups is 1. The molecule has 1 heterocycles. The Hall–Kier alpha value is -1.56. The van der Waals surface area contributed by atoms with Crippen LogP contribution in [0.15, 0.2) is 0 Å². The van der Waals surface area contributed by atoms with Gasteiger partial charge in [0, 0.05) is 6.54 Å². The summed E-state index contributed by atoms with van der Waals surface area (Å²) in [5.41, 5.74) is 7.15. The Labute approximate surface area is 113 Å². The number of nitrogens with zero attached hydrogens (tertiary/aromatic N) is 1. The average molecular weight is 268 g/mol. The second kappa shape index (κ2) is 6.06. The minimum absolute atomic E-state index is 0.0187. The quantitative estimate of drug-likeness (QED) is 0.641. The first-order chi connectivity index (χ1) is 8.74. The predicted octanol–water partition coefficient (Wildman–Crippen LogP) is 1.08. The number of nitrogens with one attached hydrogen (secondary N) is 2. The average Bonchev–Trinajstić information content (AvgIpc) is 2.65.